The molecule has 0 saturated carbocycles. The Kier molecular flexibility index (Phi) is 11.1. The second kappa shape index (κ2) is 12.2. The van der Waals surface area contributed by atoms with Gasteiger partial charge in [0.05, 0.1) is 4.90 Å². The second-order valence-corrected chi connectivity index (χ2v) is 7.80. The van der Waals surface area contributed by atoms with Gasteiger partial charge in [-0.3, -0.25) is 4.55 Å². The first-order valence-corrected chi connectivity index (χ1v) is 10.4. The first-order valence-electron chi connectivity index (χ1n) is 8.95. The molecule has 0 radical (unpaired) electrons. The molecular formula is C20H25KO5S. The molecule has 0 aliphatic heterocycles. The third-order valence-electron chi connectivity index (χ3n) is 4.12. The Morgan fingerprint density at radius 2 is 1.56 bits per heavy atom. The molecule has 1 N–H and O–H groups in total. The van der Waals surface area contributed by atoms with Gasteiger partial charge in [-0.05, 0) is 54.8 Å². The zero-order chi connectivity index (χ0) is 19.0. The van der Waals surface area contributed by atoms with Crippen LogP contribution in [0.2, 0.25) is 0 Å². The summed E-state index contributed by atoms with van der Waals surface area (Å²) in [5.74, 6) is 0.713. The summed E-state index contributed by atoms with van der Waals surface area (Å²) >= 11 is 0. The van der Waals surface area contributed by atoms with E-state index in [1.54, 1.807) is 6.07 Å². The van der Waals surface area contributed by atoms with Crippen LogP contribution in [0.5, 0.6) is 17.2 Å². The molecule has 7 heteroatoms. The smallest absolute Gasteiger partial charge is 0.872 e. The molecule has 0 saturated heterocycles. The average Bonchev–Trinajstić information content (AvgIpc) is 2.57. The van der Waals surface area contributed by atoms with E-state index in [1.165, 1.54) is 56.0 Å². The van der Waals surface area contributed by atoms with Gasteiger partial charge in [-0.1, -0.05) is 45.1 Å². The maximum absolute atomic E-state index is 11.9. The van der Waals surface area contributed by atoms with Gasteiger partial charge in [0.2, 0.25) is 0 Å². The first-order chi connectivity index (χ1) is 12.4. The fourth-order valence-corrected chi connectivity index (χ4v) is 3.24. The Hall–Kier alpha value is -0.414. The van der Waals surface area contributed by atoms with E-state index in [2.05, 4.69) is 6.92 Å². The van der Waals surface area contributed by atoms with E-state index in [0.717, 1.165) is 24.8 Å². The zero-order valence-corrected chi connectivity index (χ0v) is 19.9. The van der Waals surface area contributed by atoms with Gasteiger partial charge in [-0.2, -0.15) is 8.42 Å². The van der Waals surface area contributed by atoms with E-state index < -0.39 is 10.1 Å². The maximum atomic E-state index is 11.9. The van der Waals surface area contributed by atoms with Crippen LogP contribution in [0.25, 0.3) is 0 Å². The van der Waals surface area contributed by atoms with Crippen molar-refractivity contribution < 1.29 is 74.2 Å². The van der Waals surface area contributed by atoms with Gasteiger partial charge in [0.15, 0.2) is 0 Å². The van der Waals surface area contributed by atoms with Crippen molar-refractivity contribution in [2.75, 3.05) is 0 Å². The quantitative estimate of drug-likeness (QED) is 0.362. The number of hydrogen-bond donors (Lipinski definition) is 1. The normalized spacial score (nSPS) is 11.0. The number of unbranched alkanes of at least 4 members (excludes halogenated alkanes) is 5. The molecule has 27 heavy (non-hydrogen) atoms. The Labute approximate surface area is 204 Å². The van der Waals surface area contributed by atoms with Crippen molar-refractivity contribution in [1.29, 1.82) is 0 Å². The van der Waals surface area contributed by atoms with E-state index in [9.17, 15) is 13.5 Å². The van der Waals surface area contributed by atoms with Crippen molar-refractivity contribution in [3.05, 3.63) is 48.0 Å². The van der Waals surface area contributed by atoms with E-state index in [1.807, 2.05) is 6.07 Å². The summed E-state index contributed by atoms with van der Waals surface area (Å²) in [5.41, 5.74) is 0.942. The minimum absolute atomic E-state index is 0. The van der Waals surface area contributed by atoms with Crippen molar-refractivity contribution in [3.63, 3.8) is 0 Å². The molecule has 0 unspecified atom stereocenters. The van der Waals surface area contributed by atoms with Gasteiger partial charge >= 0.3 is 51.4 Å². The SMILES string of the molecule is CCCCCCCCc1cc([O-])cc(Oc2ccc(S(=O)(=O)O)cc2)c1.[K+]. The standard InChI is InChI=1S/C20H26O5S.K/c1-2-3-4-5-6-7-8-16-13-17(21)15-19(14-16)25-18-9-11-20(12-10-18)26(22,23)24;/h9-15,21H,2-8H2,1H3,(H,22,23,24);/q;+1/p-1. The molecule has 2 aromatic carbocycles. The van der Waals surface area contributed by atoms with E-state index in [4.69, 9.17) is 9.29 Å². The third kappa shape index (κ3) is 9.08. The zero-order valence-electron chi connectivity index (χ0n) is 16.0. The minimum Gasteiger partial charge on any atom is -0.872 e. The van der Waals surface area contributed by atoms with Crippen LogP contribution in [0.3, 0.4) is 0 Å². The van der Waals surface area contributed by atoms with Crippen LogP contribution >= 0.6 is 0 Å². The van der Waals surface area contributed by atoms with Gasteiger partial charge < -0.3 is 9.84 Å². The molecule has 0 bridgehead atoms. The van der Waals surface area contributed by atoms with Crippen LogP contribution in [0.15, 0.2) is 47.4 Å². The number of rotatable bonds is 10. The second-order valence-electron chi connectivity index (χ2n) is 6.38. The molecule has 0 atom stereocenters. The predicted octanol–water partition coefficient (Wildman–Crippen LogP) is 1.71. The first kappa shape index (κ1) is 24.6. The number of ether oxygens (including phenoxy) is 1. The van der Waals surface area contributed by atoms with E-state index in [0.29, 0.717) is 11.5 Å². The summed E-state index contributed by atoms with van der Waals surface area (Å²) < 4.78 is 36.7. The van der Waals surface area contributed by atoms with Crippen molar-refractivity contribution in [3.8, 4) is 17.2 Å². The Morgan fingerprint density at radius 3 is 2.19 bits per heavy atom. The Bertz CT molecular complexity index is 804. The minimum atomic E-state index is -4.23. The van der Waals surface area contributed by atoms with Gasteiger partial charge in [0.25, 0.3) is 10.1 Å². The van der Waals surface area contributed by atoms with Crippen molar-refractivity contribution in [1.82, 2.24) is 0 Å². The molecule has 0 aliphatic carbocycles. The molecular weight excluding hydrogens is 391 g/mol. The van der Waals surface area contributed by atoms with Crippen molar-refractivity contribution in [2.45, 2.75) is 56.8 Å². The van der Waals surface area contributed by atoms with Crippen LogP contribution in [0.4, 0.5) is 0 Å². The van der Waals surface area contributed by atoms with Crippen molar-refractivity contribution >= 4 is 10.1 Å². The molecule has 142 valence electrons. The molecule has 0 spiro atoms. The molecule has 2 aromatic rings. The fraction of sp³-hybridized carbons (Fsp3) is 0.400. The Balaban J connectivity index is 0.00000364. The molecule has 2 rings (SSSR count). The summed E-state index contributed by atoms with van der Waals surface area (Å²) in [6, 6.07) is 10.2. The number of hydrogen-bond acceptors (Lipinski definition) is 4. The maximum Gasteiger partial charge on any atom is 1.00 e. The van der Waals surface area contributed by atoms with Crippen LogP contribution in [0.1, 0.15) is 51.0 Å². The van der Waals surface area contributed by atoms with Crippen molar-refractivity contribution in [2.24, 2.45) is 0 Å². The van der Waals surface area contributed by atoms with Gasteiger partial charge in [0.1, 0.15) is 11.5 Å². The molecule has 0 heterocycles. The van der Waals surface area contributed by atoms with Crippen LogP contribution < -0.4 is 61.2 Å². The summed E-state index contributed by atoms with van der Waals surface area (Å²) in [4.78, 5) is -0.203. The molecule has 0 aliphatic rings. The number of benzene rings is 2. The van der Waals surface area contributed by atoms with Crippen LogP contribution in [0, 0.1) is 0 Å². The monoisotopic (exact) mass is 416 g/mol. The molecule has 0 aromatic heterocycles. The summed E-state index contributed by atoms with van der Waals surface area (Å²) in [6.45, 7) is 2.19. The summed E-state index contributed by atoms with van der Waals surface area (Å²) in [5, 5.41) is 11.9. The van der Waals surface area contributed by atoms with Crippen LogP contribution in [-0.2, 0) is 16.5 Å². The summed E-state index contributed by atoms with van der Waals surface area (Å²) in [7, 11) is -4.23. The van der Waals surface area contributed by atoms with E-state index >= 15 is 0 Å². The number of aryl methyl sites for hydroxylation is 1. The Morgan fingerprint density at radius 1 is 0.926 bits per heavy atom. The average molecular weight is 417 g/mol. The largest absolute Gasteiger partial charge is 1.00 e. The molecule has 0 fully saturated rings. The predicted molar refractivity (Wildman–Crippen MR) is 99.3 cm³/mol. The van der Waals surface area contributed by atoms with Gasteiger partial charge in [-0.25, -0.2) is 0 Å². The van der Waals surface area contributed by atoms with E-state index in [-0.39, 0.29) is 62.0 Å². The van der Waals surface area contributed by atoms with Gasteiger partial charge in [-0.15, -0.1) is 5.75 Å². The molecule has 5 nitrogen and oxygen atoms in total. The summed E-state index contributed by atoms with van der Waals surface area (Å²) in [6.07, 6.45) is 7.99. The third-order valence-corrected chi connectivity index (χ3v) is 4.98. The fourth-order valence-electron chi connectivity index (χ4n) is 2.76. The van der Waals surface area contributed by atoms with Gasteiger partial charge in [0, 0.05) is 0 Å². The van der Waals surface area contributed by atoms with Crippen LogP contribution in [-0.4, -0.2) is 13.0 Å². The topological polar surface area (TPSA) is 86.7 Å². The molecule has 0 amide bonds.